The van der Waals surface area contributed by atoms with Crippen LogP contribution in [0.1, 0.15) is 6.92 Å². The SMILES string of the molecule is COc1ccc(S(=O)(=O)CC(C(=O)NO)C2(C)C(=O)NC(=O)N2C)cc1. The first-order valence-electron chi connectivity index (χ1n) is 7.48. The molecular weight excluding hydrogens is 366 g/mol. The minimum Gasteiger partial charge on any atom is -0.497 e. The van der Waals surface area contributed by atoms with Gasteiger partial charge in [-0.2, -0.15) is 0 Å². The van der Waals surface area contributed by atoms with Gasteiger partial charge in [-0.05, 0) is 31.2 Å². The van der Waals surface area contributed by atoms with Gasteiger partial charge in [-0.15, -0.1) is 0 Å². The van der Waals surface area contributed by atoms with Crippen LogP contribution in [0, 0.1) is 5.92 Å². The van der Waals surface area contributed by atoms with E-state index in [9.17, 15) is 22.8 Å². The predicted molar refractivity (Wildman–Crippen MR) is 88.2 cm³/mol. The van der Waals surface area contributed by atoms with E-state index in [1.807, 2.05) is 5.32 Å². The number of ether oxygens (including phenoxy) is 1. The summed E-state index contributed by atoms with van der Waals surface area (Å²) >= 11 is 0. The van der Waals surface area contributed by atoms with E-state index in [-0.39, 0.29) is 4.90 Å². The third-order valence-electron chi connectivity index (χ3n) is 4.59. The number of benzene rings is 1. The second kappa shape index (κ2) is 6.92. The maximum Gasteiger partial charge on any atom is 0.324 e. The number of urea groups is 1. The molecule has 1 fully saturated rings. The molecule has 2 unspecified atom stereocenters. The Bertz CT molecular complexity index is 837. The number of methoxy groups -OCH3 is 1. The molecule has 2 rings (SSSR count). The average molecular weight is 385 g/mol. The smallest absolute Gasteiger partial charge is 0.324 e. The van der Waals surface area contributed by atoms with Crippen LogP contribution in [0.15, 0.2) is 29.2 Å². The third kappa shape index (κ3) is 3.22. The van der Waals surface area contributed by atoms with Crippen LogP contribution >= 0.6 is 0 Å². The minimum atomic E-state index is -4.02. The summed E-state index contributed by atoms with van der Waals surface area (Å²) in [4.78, 5) is 37.0. The van der Waals surface area contributed by atoms with Gasteiger partial charge in [0.15, 0.2) is 9.84 Å². The number of likely N-dealkylation sites (N-methyl/N-ethyl adjacent to an activating group) is 1. The third-order valence-corrected chi connectivity index (χ3v) is 6.35. The van der Waals surface area contributed by atoms with Crippen LogP contribution in [-0.4, -0.2) is 61.8 Å². The van der Waals surface area contributed by atoms with Crippen molar-refractivity contribution in [3.8, 4) is 5.75 Å². The van der Waals surface area contributed by atoms with E-state index in [4.69, 9.17) is 9.94 Å². The summed E-state index contributed by atoms with van der Waals surface area (Å²) < 4.78 is 30.4. The summed E-state index contributed by atoms with van der Waals surface area (Å²) in [7, 11) is -1.34. The van der Waals surface area contributed by atoms with Gasteiger partial charge in [0.05, 0.1) is 23.7 Å². The number of carbonyl (C=O) groups excluding carboxylic acids is 3. The van der Waals surface area contributed by atoms with E-state index >= 15 is 0 Å². The number of sulfone groups is 1. The van der Waals surface area contributed by atoms with Crippen molar-refractivity contribution in [2.75, 3.05) is 19.9 Å². The largest absolute Gasteiger partial charge is 0.497 e. The van der Waals surface area contributed by atoms with E-state index in [0.29, 0.717) is 5.75 Å². The Kier molecular flexibility index (Phi) is 5.23. The summed E-state index contributed by atoms with van der Waals surface area (Å²) in [6.45, 7) is 1.26. The molecule has 26 heavy (non-hydrogen) atoms. The van der Waals surface area contributed by atoms with E-state index in [1.165, 1.54) is 50.8 Å². The van der Waals surface area contributed by atoms with Gasteiger partial charge >= 0.3 is 6.03 Å². The highest BCUT2D eigenvalue weighted by Crippen LogP contribution is 2.31. The number of hydrogen-bond donors (Lipinski definition) is 3. The van der Waals surface area contributed by atoms with Gasteiger partial charge in [0.1, 0.15) is 11.3 Å². The molecule has 1 aromatic rings. The summed E-state index contributed by atoms with van der Waals surface area (Å²) in [6.07, 6.45) is 0. The van der Waals surface area contributed by atoms with Crippen molar-refractivity contribution in [2.45, 2.75) is 17.4 Å². The predicted octanol–water partition coefficient (Wildman–Crippen LogP) is -0.469. The molecule has 0 spiro atoms. The van der Waals surface area contributed by atoms with Gasteiger partial charge in [-0.25, -0.2) is 18.7 Å². The summed E-state index contributed by atoms with van der Waals surface area (Å²) in [6, 6.07) is 4.71. The second-order valence-electron chi connectivity index (χ2n) is 5.95. The fraction of sp³-hybridized carbons (Fsp3) is 0.400. The monoisotopic (exact) mass is 385 g/mol. The zero-order valence-electron chi connectivity index (χ0n) is 14.3. The lowest BCUT2D eigenvalue weighted by Gasteiger charge is -2.34. The highest BCUT2D eigenvalue weighted by Gasteiger charge is 2.56. The maximum atomic E-state index is 12.7. The van der Waals surface area contributed by atoms with Crippen molar-refractivity contribution in [3.63, 3.8) is 0 Å². The second-order valence-corrected chi connectivity index (χ2v) is 7.99. The lowest BCUT2D eigenvalue weighted by atomic mass is 9.85. The maximum absolute atomic E-state index is 12.7. The molecule has 3 N–H and O–H groups in total. The van der Waals surface area contributed by atoms with Gasteiger partial charge in [0.2, 0.25) is 5.91 Å². The zero-order chi connectivity index (χ0) is 19.7. The molecule has 4 amide bonds. The standard InChI is InChI=1S/C15H19N3O7S/c1-15(13(20)16-14(21)18(15)2)11(12(19)17-22)8-26(23,24)10-6-4-9(25-3)5-7-10/h4-7,11,22H,8H2,1-3H3,(H,17,19)(H,16,20,21). The van der Waals surface area contributed by atoms with E-state index in [2.05, 4.69) is 0 Å². The molecule has 1 aliphatic rings. The number of imide groups is 1. The van der Waals surface area contributed by atoms with Gasteiger partial charge in [0, 0.05) is 7.05 Å². The molecule has 0 saturated carbocycles. The van der Waals surface area contributed by atoms with E-state index in [1.54, 1.807) is 0 Å². The highest BCUT2D eigenvalue weighted by atomic mass is 32.2. The van der Waals surface area contributed by atoms with Crippen LogP contribution in [0.4, 0.5) is 4.79 Å². The van der Waals surface area contributed by atoms with Gasteiger partial charge in [-0.3, -0.25) is 20.1 Å². The van der Waals surface area contributed by atoms with Crippen molar-refractivity contribution in [3.05, 3.63) is 24.3 Å². The first-order chi connectivity index (χ1) is 12.1. The molecule has 10 nitrogen and oxygen atoms in total. The zero-order valence-corrected chi connectivity index (χ0v) is 15.2. The molecule has 1 aliphatic heterocycles. The molecule has 11 heteroatoms. The first kappa shape index (κ1) is 19.7. The molecule has 142 valence electrons. The number of nitrogens with zero attached hydrogens (tertiary/aromatic N) is 1. The van der Waals surface area contributed by atoms with Crippen molar-refractivity contribution < 1.29 is 32.7 Å². The van der Waals surface area contributed by atoms with Crippen LogP contribution in [0.5, 0.6) is 5.75 Å². The normalized spacial score (nSPS) is 21.3. The van der Waals surface area contributed by atoms with Crippen LogP contribution in [0.25, 0.3) is 0 Å². The molecular formula is C15H19N3O7S. The molecule has 2 atom stereocenters. The Hall–Kier alpha value is -2.66. The number of hydroxylamine groups is 1. The van der Waals surface area contributed by atoms with Gasteiger partial charge < -0.3 is 9.64 Å². The molecule has 1 heterocycles. The van der Waals surface area contributed by atoms with E-state index in [0.717, 1.165) is 4.90 Å². The van der Waals surface area contributed by atoms with Crippen molar-refractivity contribution in [1.29, 1.82) is 0 Å². The Morgan fingerprint density at radius 2 is 1.92 bits per heavy atom. The van der Waals surface area contributed by atoms with Gasteiger partial charge in [0.25, 0.3) is 5.91 Å². The van der Waals surface area contributed by atoms with E-state index < -0.39 is 44.9 Å². The fourth-order valence-corrected chi connectivity index (χ4v) is 4.39. The van der Waals surface area contributed by atoms with Crippen LogP contribution in [0.2, 0.25) is 0 Å². The number of hydrogen-bond acceptors (Lipinski definition) is 7. The van der Waals surface area contributed by atoms with Crippen molar-refractivity contribution in [2.24, 2.45) is 5.92 Å². The summed E-state index contributed by atoms with van der Waals surface area (Å²) in [5.74, 6) is -3.82. The number of rotatable bonds is 6. The molecule has 0 aliphatic carbocycles. The molecule has 0 radical (unpaired) electrons. The fourth-order valence-electron chi connectivity index (χ4n) is 2.73. The quantitative estimate of drug-likeness (QED) is 0.341. The molecule has 0 bridgehead atoms. The highest BCUT2D eigenvalue weighted by molar-refractivity contribution is 7.91. The van der Waals surface area contributed by atoms with Gasteiger partial charge in [-0.1, -0.05) is 0 Å². The first-order valence-corrected chi connectivity index (χ1v) is 9.13. The minimum absolute atomic E-state index is 0.0926. The Morgan fingerprint density at radius 3 is 2.35 bits per heavy atom. The van der Waals surface area contributed by atoms with Crippen LogP contribution < -0.4 is 15.5 Å². The van der Waals surface area contributed by atoms with Crippen LogP contribution in [-0.2, 0) is 19.4 Å². The summed E-state index contributed by atoms with van der Waals surface area (Å²) in [5.41, 5.74) is -0.414. The molecule has 1 saturated heterocycles. The number of amides is 4. The lowest BCUT2D eigenvalue weighted by molar-refractivity contribution is -0.141. The number of carbonyl (C=O) groups is 3. The Balaban J connectivity index is 2.43. The molecule has 1 aromatic carbocycles. The molecule has 0 aromatic heterocycles. The van der Waals surface area contributed by atoms with Crippen molar-refractivity contribution in [1.82, 2.24) is 15.7 Å². The number of nitrogens with one attached hydrogen (secondary N) is 2. The van der Waals surface area contributed by atoms with Crippen molar-refractivity contribution >= 4 is 27.7 Å². The Labute approximate surface area is 150 Å². The summed E-state index contributed by atoms with van der Waals surface area (Å²) in [5, 5.41) is 11.0. The van der Waals surface area contributed by atoms with Crippen LogP contribution in [0.3, 0.4) is 0 Å². The average Bonchev–Trinajstić information content (AvgIpc) is 2.82. The Morgan fingerprint density at radius 1 is 1.35 bits per heavy atom. The lowest BCUT2D eigenvalue weighted by Crippen LogP contribution is -2.58. The topological polar surface area (TPSA) is 142 Å².